The highest BCUT2D eigenvalue weighted by atomic mass is 35.5. The van der Waals surface area contributed by atoms with Gasteiger partial charge in [0.2, 0.25) is 15.9 Å². The van der Waals surface area contributed by atoms with Crippen molar-refractivity contribution in [2.75, 3.05) is 18.6 Å². The summed E-state index contributed by atoms with van der Waals surface area (Å²) < 4.78 is 33.3. The summed E-state index contributed by atoms with van der Waals surface area (Å²) in [6.07, 6.45) is -0.0617. The summed E-state index contributed by atoms with van der Waals surface area (Å²) in [5, 5.41) is 0.105. The summed E-state index contributed by atoms with van der Waals surface area (Å²) in [6, 6.07) is 17.6. The lowest BCUT2D eigenvalue weighted by Crippen LogP contribution is -2.46. The molecule has 2 amide bonds. The fraction of sp³-hybridized carbons (Fsp3) is 0.192. The number of methoxy groups -OCH3 is 1. The Hall–Kier alpha value is -3.24. The Bertz CT molecular complexity index is 1450. The van der Waals surface area contributed by atoms with Crippen LogP contribution in [0.5, 0.6) is 0 Å². The Labute approximate surface area is 224 Å². The van der Waals surface area contributed by atoms with Crippen molar-refractivity contribution in [1.29, 1.82) is 0 Å². The highest BCUT2D eigenvalue weighted by Crippen LogP contribution is 2.33. The topological polar surface area (TPSA) is 101 Å². The van der Waals surface area contributed by atoms with Gasteiger partial charge in [-0.2, -0.15) is 4.31 Å². The minimum absolute atomic E-state index is 0.0545. The van der Waals surface area contributed by atoms with E-state index < -0.39 is 33.8 Å². The fourth-order valence-corrected chi connectivity index (χ4v) is 6.43. The molecule has 1 saturated heterocycles. The van der Waals surface area contributed by atoms with Crippen LogP contribution < -0.4 is 4.90 Å². The maximum absolute atomic E-state index is 13.8. The molecule has 3 aromatic rings. The first-order valence-electron chi connectivity index (χ1n) is 11.2. The van der Waals surface area contributed by atoms with Gasteiger partial charge in [-0.05, 0) is 54.4 Å². The van der Waals surface area contributed by atoms with Crippen molar-refractivity contribution in [3.63, 3.8) is 0 Å². The molecule has 11 heteroatoms. The first-order valence-corrected chi connectivity index (χ1v) is 13.4. The normalized spacial score (nSPS) is 15.9. The van der Waals surface area contributed by atoms with Crippen LogP contribution in [0, 0.1) is 0 Å². The maximum Gasteiger partial charge on any atom is 0.337 e. The minimum atomic E-state index is -4.34. The van der Waals surface area contributed by atoms with Gasteiger partial charge in [-0.1, -0.05) is 53.5 Å². The lowest BCUT2D eigenvalue weighted by molar-refractivity contribution is -0.122. The van der Waals surface area contributed by atoms with Crippen molar-refractivity contribution >= 4 is 56.7 Å². The standard InChI is InChI=1S/C26H22Cl2N2O6S/c1-36-26(33)18-7-10-20(11-8-18)30-24(31)16-22(25(30)32)29(14-13-17-5-3-2-4-6-17)37(34,35)23-15-19(27)9-12-21(23)28/h2-12,15,22H,13-14,16H2,1H3. The molecule has 1 fully saturated rings. The number of esters is 1. The number of imide groups is 1. The molecule has 1 unspecified atom stereocenters. The van der Waals surface area contributed by atoms with Crippen molar-refractivity contribution in [1.82, 2.24) is 4.31 Å². The molecule has 0 spiro atoms. The van der Waals surface area contributed by atoms with E-state index in [0.29, 0.717) is 6.42 Å². The second-order valence-electron chi connectivity index (χ2n) is 8.25. The second-order valence-corrected chi connectivity index (χ2v) is 11.0. The average Bonchev–Trinajstić information content (AvgIpc) is 3.18. The molecular weight excluding hydrogens is 539 g/mol. The number of sulfonamides is 1. The van der Waals surface area contributed by atoms with E-state index in [9.17, 15) is 22.8 Å². The first kappa shape index (κ1) is 26.8. The highest BCUT2D eigenvalue weighted by molar-refractivity contribution is 7.89. The Morgan fingerprint density at radius 1 is 1.03 bits per heavy atom. The third kappa shape index (κ3) is 5.55. The van der Waals surface area contributed by atoms with E-state index in [2.05, 4.69) is 4.74 Å². The Morgan fingerprint density at radius 2 is 1.70 bits per heavy atom. The molecule has 3 aromatic carbocycles. The molecule has 1 aliphatic heterocycles. The number of hydrogen-bond donors (Lipinski definition) is 0. The predicted octanol–water partition coefficient (Wildman–Crippen LogP) is 4.35. The number of ether oxygens (including phenoxy) is 1. The summed E-state index contributed by atoms with van der Waals surface area (Å²) in [5.41, 5.74) is 1.31. The molecule has 0 saturated carbocycles. The summed E-state index contributed by atoms with van der Waals surface area (Å²) in [6.45, 7) is -0.0754. The fourth-order valence-electron chi connectivity index (χ4n) is 4.11. The monoisotopic (exact) mass is 560 g/mol. The van der Waals surface area contributed by atoms with Gasteiger partial charge in [-0.25, -0.2) is 18.1 Å². The molecule has 1 aliphatic rings. The summed E-state index contributed by atoms with van der Waals surface area (Å²) in [5.74, 6) is -1.84. The van der Waals surface area contributed by atoms with Crippen molar-refractivity contribution in [2.45, 2.75) is 23.8 Å². The number of amides is 2. The zero-order valence-corrected chi connectivity index (χ0v) is 22.0. The maximum atomic E-state index is 13.8. The molecule has 4 rings (SSSR count). The third-order valence-electron chi connectivity index (χ3n) is 5.96. The average molecular weight is 561 g/mol. The van der Waals surface area contributed by atoms with Crippen LogP contribution in [0.15, 0.2) is 77.7 Å². The molecule has 1 atom stereocenters. The summed E-state index contributed by atoms with van der Waals surface area (Å²) >= 11 is 12.3. The molecular formula is C26H22Cl2N2O6S. The zero-order chi connectivity index (χ0) is 26.7. The quantitative estimate of drug-likeness (QED) is 0.300. The molecule has 8 nitrogen and oxygen atoms in total. The molecule has 0 radical (unpaired) electrons. The van der Waals surface area contributed by atoms with Crippen LogP contribution in [0.25, 0.3) is 0 Å². The van der Waals surface area contributed by atoms with Gasteiger partial charge in [0, 0.05) is 11.6 Å². The molecule has 37 heavy (non-hydrogen) atoms. The number of carbonyl (C=O) groups is 3. The number of carbonyl (C=O) groups excluding carboxylic acids is 3. The Morgan fingerprint density at radius 3 is 2.35 bits per heavy atom. The summed E-state index contributed by atoms with van der Waals surface area (Å²) in [7, 11) is -3.09. The Balaban J connectivity index is 1.70. The minimum Gasteiger partial charge on any atom is -0.465 e. The third-order valence-corrected chi connectivity index (χ3v) is 8.59. The van der Waals surface area contributed by atoms with Gasteiger partial charge in [-0.15, -0.1) is 0 Å². The molecule has 0 aliphatic carbocycles. The van der Waals surface area contributed by atoms with E-state index >= 15 is 0 Å². The van der Waals surface area contributed by atoms with Gasteiger partial charge >= 0.3 is 5.97 Å². The van der Waals surface area contributed by atoms with Crippen LogP contribution in [0.2, 0.25) is 10.0 Å². The van der Waals surface area contributed by atoms with Crippen LogP contribution in [-0.2, 0) is 30.8 Å². The molecule has 0 bridgehead atoms. The van der Waals surface area contributed by atoms with Crippen molar-refractivity contribution in [2.24, 2.45) is 0 Å². The van der Waals surface area contributed by atoms with Crippen molar-refractivity contribution in [3.05, 3.63) is 94.0 Å². The largest absolute Gasteiger partial charge is 0.465 e. The Kier molecular flexibility index (Phi) is 7.99. The van der Waals surface area contributed by atoms with E-state index in [1.807, 2.05) is 30.3 Å². The van der Waals surface area contributed by atoms with Crippen LogP contribution in [0.1, 0.15) is 22.3 Å². The van der Waals surface area contributed by atoms with Gasteiger partial charge in [0.1, 0.15) is 10.9 Å². The van der Waals surface area contributed by atoms with Gasteiger partial charge in [0.05, 0.1) is 29.8 Å². The first-order chi connectivity index (χ1) is 17.6. The zero-order valence-electron chi connectivity index (χ0n) is 19.6. The number of anilines is 1. The second kappa shape index (κ2) is 11.0. The number of halogens is 2. The lowest BCUT2D eigenvalue weighted by atomic mass is 10.1. The van der Waals surface area contributed by atoms with Crippen LogP contribution in [0.3, 0.4) is 0 Å². The van der Waals surface area contributed by atoms with Crippen LogP contribution in [0.4, 0.5) is 5.69 Å². The van der Waals surface area contributed by atoms with E-state index in [-0.39, 0.29) is 39.2 Å². The van der Waals surface area contributed by atoms with E-state index in [1.165, 1.54) is 49.6 Å². The molecule has 0 N–H and O–H groups in total. The van der Waals surface area contributed by atoms with E-state index in [1.54, 1.807) is 0 Å². The smallest absolute Gasteiger partial charge is 0.337 e. The number of hydrogen-bond acceptors (Lipinski definition) is 6. The summed E-state index contributed by atoms with van der Waals surface area (Å²) in [4.78, 5) is 38.9. The SMILES string of the molecule is COC(=O)c1ccc(N2C(=O)CC(N(CCc3ccccc3)S(=O)(=O)c3cc(Cl)ccc3Cl)C2=O)cc1. The van der Waals surface area contributed by atoms with Crippen LogP contribution in [-0.4, -0.2) is 50.2 Å². The van der Waals surface area contributed by atoms with Gasteiger partial charge in [-0.3, -0.25) is 9.59 Å². The van der Waals surface area contributed by atoms with Crippen molar-refractivity contribution < 1.29 is 27.5 Å². The predicted molar refractivity (Wildman–Crippen MR) is 139 cm³/mol. The number of rotatable bonds is 8. The molecule has 192 valence electrons. The molecule has 1 heterocycles. The molecule has 0 aromatic heterocycles. The van der Waals surface area contributed by atoms with Gasteiger partial charge in [0.25, 0.3) is 5.91 Å². The van der Waals surface area contributed by atoms with Gasteiger partial charge < -0.3 is 4.74 Å². The lowest BCUT2D eigenvalue weighted by Gasteiger charge is -2.27. The van der Waals surface area contributed by atoms with Crippen molar-refractivity contribution in [3.8, 4) is 0 Å². The van der Waals surface area contributed by atoms with Crippen LogP contribution >= 0.6 is 23.2 Å². The number of nitrogens with zero attached hydrogens (tertiary/aromatic N) is 2. The van der Waals surface area contributed by atoms with E-state index in [4.69, 9.17) is 23.2 Å². The van der Waals surface area contributed by atoms with Gasteiger partial charge in [0.15, 0.2) is 0 Å². The number of benzene rings is 3. The highest BCUT2D eigenvalue weighted by Gasteiger charge is 2.47. The van der Waals surface area contributed by atoms with E-state index in [0.717, 1.165) is 14.8 Å².